The minimum Gasteiger partial charge on any atom is -0.467 e. The number of hydrogen-bond donors (Lipinski definition) is 2. The van der Waals surface area contributed by atoms with Crippen LogP contribution in [0.15, 0.2) is 46.4 Å². The number of fused-ring (bicyclic) bond motifs is 1. The lowest BCUT2D eigenvalue weighted by atomic mass is 9.92. The highest BCUT2D eigenvalue weighted by Gasteiger charge is 2.37. The number of carbonyl (C=O) groups is 2. The van der Waals surface area contributed by atoms with Crippen molar-refractivity contribution < 1.29 is 14.3 Å². The summed E-state index contributed by atoms with van der Waals surface area (Å²) in [7, 11) is 1.33. The summed E-state index contributed by atoms with van der Waals surface area (Å²) in [6.07, 6.45) is 2.43. The van der Waals surface area contributed by atoms with E-state index in [9.17, 15) is 9.59 Å². The molecule has 1 amide bonds. The summed E-state index contributed by atoms with van der Waals surface area (Å²) in [5.41, 5.74) is 0.794. The second kappa shape index (κ2) is 7.63. The van der Waals surface area contributed by atoms with Crippen LogP contribution < -0.4 is 5.32 Å². The van der Waals surface area contributed by atoms with Gasteiger partial charge in [0.05, 0.1) is 13.5 Å². The molecule has 0 spiro atoms. The van der Waals surface area contributed by atoms with Crippen molar-refractivity contribution in [3.05, 3.63) is 56.8 Å². The van der Waals surface area contributed by atoms with E-state index in [1.807, 2.05) is 41.9 Å². The zero-order chi connectivity index (χ0) is 18.7. The van der Waals surface area contributed by atoms with Crippen LogP contribution in [0.4, 0.5) is 0 Å². The van der Waals surface area contributed by atoms with Crippen molar-refractivity contribution in [2.45, 2.75) is 25.3 Å². The number of methoxy groups -OCH3 is 1. The van der Waals surface area contributed by atoms with Crippen LogP contribution in [-0.4, -0.2) is 29.5 Å². The average molecular weight is 435 g/mol. The van der Waals surface area contributed by atoms with Gasteiger partial charge >= 0.3 is 5.97 Å². The first-order valence-corrected chi connectivity index (χ1v) is 9.76. The van der Waals surface area contributed by atoms with Crippen LogP contribution in [0.2, 0.25) is 0 Å². The highest BCUT2D eigenvalue weighted by molar-refractivity contribution is 9.10. The lowest BCUT2D eigenvalue weighted by Crippen LogP contribution is -2.54. The molecule has 3 rings (SSSR count). The van der Waals surface area contributed by atoms with Crippen molar-refractivity contribution in [1.82, 2.24) is 10.3 Å². The first-order valence-electron chi connectivity index (χ1n) is 8.08. The quantitative estimate of drug-likeness (QED) is 0.579. The fourth-order valence-electron chi connectivity index (χ4n) is 3.01. The third kappa shape index (κ3) is 3.99. The van der Waals surface area contributed by atoms with E-state index in [4.69, 9.17) is 4.74 Å². The summed E-state index contributed by atoms with van der Waals surface area (Å²) in [5, 5.41) is 5.82. The van der Waals surface area contributed by atoms with Gasteiger partial charge in [-0.2, -0.15) is 0 Å². The SMILES string of the molecule is COC(=O)C(C)(Cc1c[nH]c2ccccc12)NC(=O)Cc1cc(Br)cs1. The van der Waals surface area contributed by atoms with E-state index >= 15 is 0 Å². The Hall–Kier alpha value is -2.12. The minimum absolute atomic E-state index is 0.216. The molecule has 0 aliphatic heterocycles. The van der Waals surface area contributed by atoms with Gasteiger partial charge in [-0.05, 0) is 40.5 Å². The number of benzene rings is 1. The third-order valence-electron chi connectivity index (χ3n) is 4.23. The van der Waals surface area contributed by atoms with Gasteiger partial charge in [-0.15, -0.1) is 11.3 Å². The fourth-order valence-corrected chi connectivity index (χ4v) is 4.46. The van der Waals surface area contributed by atoms with Gasteiger partial charge < -0.3 is 15.0 Å². The monoisotopic (exact) mass is 434 g/mol. The molecule has 1 atom stereocenters. The Balaban J connectivity index is 1.81. The van der Waals surface area contributed by atoms with Crippen molar-refractivity contribution in [3.8, 4) is 0 Å². The maximum atomic E-state index is 12.5. The Kier molecular flexibility index (Phi) is 5.48. The first-order chi connectivity index (χ1) is 12.4. The molecule has 3 aromatic rings. The number of halogens is 1. The second-order valence-corrected chi connectivity index (χ2v) is 8.23. The Morgan fingerprint density at radius 2 is 2.12 bits per heavy atom. The maximum Gasteiger partial charge on any atom is 0.331 e. The lowest BCUT2D eigenvalue weighted by Gasteiger charge is -2.28. The van der Waals surface area contributed by atoms with Gasteiger partial charge in [-0.3, -0.25) is 4.79 Å². The standard InChI is InChI=1S/C19H19BrN2O3S/c1-19(18(24)25-2,22-17(23)8-14-7-13(20)11-26-14)9-12-10-21-16-6-4-3-5-15(12)16/h3-7,10-11,21H,8-9H2,1-2H3,(H,22,23). The number of H-pyrrole nitrogens is 1. The van der Waals surface area contributed by atoms with Gasteiger partial charge in [0.2, 0.25) is 5.91 Å². The number of ether oxygens (including phenoxy) is 1. The molecule has 26 heavy (non-hydrogen) atoms. The fraction of sp³-hybridized carbons (Fsp3) is 0.263. The number of thiophene rings is 1. The molecular weight excluding hydrogens is 416 g/mol. The number of carbonyl (C=O) groups excluding carboxylic acids is 2. The zero-order valence-corrected chi connectivity index (χ0v) is 16.9. The van der Waals surface area contributed by atoms with Gasteiger partial charge in [0.25, 0.3) is 0 Å². The summed E-state index contributed by atoms with van der Waals surface area (Å²) in [5.74, 6) is -0.685. The van der Waals surface area contributed by atoms with Crippen LogP contribution in [0.1, 0.15) is 17.4 Å². The molecule has 2 heterocycles. The Bertz CT molecular complexity index is 949. The van der Waals surface area contributed by atoms with Crippen LogP contribution in [0.3, 0.4) is 0 Å². The highest BCUT2D eigenvalue weighted by Crippen LogP contribution is 2.24. The van der Waals surface area contributed by atoms with Crippen molar-refractivity contribution in [1.29, 1.82) is 0 Å². The van der Waals surface area contributed by atoms with Crippen molar-refractivity contribution in [3.63, 3.8) is 0 Å². The van der Waals surface area contributed by atoms with E-state index in [1.54, 1.807) is 6.92 Å². The second-order valence-electron chi connectivity index (χ2n) is 6.32. The smallest absolute Gasteiger partial charge is 0.331 e. The summed E-state index contributed by atoms with van der Waals surface area (Å²) >= 11 is 4.88. The summed E-state index contributed by atoms with van der Waals surface area (Å²) in [4.78, 5) is 29.1. The molecule has 0 bridgehead atoms. The predicted octanol–water partition coefficient (Wildman–Crippen LogP) is 3.83. The minimum atomic E-state index is -1.15. The molecule has 0 radical (unpaired) electrons. The molecule has 2 N–H and O–H groups in total. The number of aromatic nitrogens is 1. The van der Waals surface area contributed by atoms with Crippen LogP contribution in [-0.2, 0) is 27.2 Å². The lowest BCUT2D eigenvalue weighted by molar-refractivity contribution is -0.150. The van der Waals surface area contributed by atoms with Gasteiger partial charge in [0, 0.05) is 38.3 Å². The van der Waals surface area contributed by atoms with Crippen LogP contribution in [0.25, 0.3) is 10.9 Å². The number of rotatable bonds is 6. The van der Waals surface area contributed by atoms with Crippen LogP contribution in [0, 0.1) is 0 Å². The van der Waals surface area contributed by atoms with Gasteiger partial charge in [-0.1, -0.05) is 18.2 Å². The molecular formula is C19H19BrN2O3S. The average Bonchev–Trinajstić information content (AvgIpc) is 3.20. The molecule has 0 aliphatic carbocycles. The third-order valence-corrected chi connectivity index (χ3v) is 5.92. The molecule has 1 aromatic carbocycles. The molecule has 0 aliphatic rings. The molecule has 1 unspecified atom stereocenters. The summed E-state index contributed by atoms with van der Waals surface area (Å²) in [6, 6.07) is 9.76. The molecule has 136 valence electrons. The molecule has 0 fully saturated rings. The van der Waals surface area contributed by atoms with E-state index < -0.39 is 11.5 Å². The number of hydrogen-bond acceptors (Lipinski definition) is 4. The highest BCUT2D eigenvalue weighted by atomic mass is 79.9. The number of aromatic amines is 1. The summed E-state index contributed by atoms with van der Waals surface area (Å²) < 4.78 is 5.91. The largest absolute Gasteiger partial charge is 0.467 e. The van der Waals surface area contributed by atoms with Crippen LogP contribution >= 0.6 is 27.3 Å². The van der Waals surface area contributed by atoms with E-state index in [1.165, 1.54) is 18.4 Å². The molecule has 7 heteroatoms. The molecule has 0 saturated carbocycles. The van der Waals surface area contributed by atoms with Crippen LogP contribution in [0.5, 0.6) is 0 Å². The van der Waals surface area contributed by atoms with Gasteiger partial charge in [-0.25, -0.2) is 4.79 Å². The topological polar surface area (TPSA) is 71.2 Å². The number of nitrogens with one attached hydrogen (secondary N) is 2. The van der Waals surface area contributed by atoms with E-state index in [0.29, 0.717) is 6.42 Å². The van der Waals surface area contributed by atoms with E-state index in [2.05, 4.69) is 26.2 Å². The first kappa shape index (κ1) is 18.7. The Labute approximate surface area is 163 Å². The zero-order valence-electron chi connectivity index (χ0n) is 14.5. The molecule has 5 nitrogen and oxygen atoms in total. The van der Waals surface area contributed by atoms with E-state index in [-0.39, 0.29) is 12.3 Å². The van der Waals surface area contributed by atoms with Crippen molar-refractivity contribution in [2.75, 3.05) is 7.11 Å². The number of para-hydroxylation sites is 1. The van der Waals surface area contributed by atoms with Gasteiger partial charge in [0.15, 0.2) is 0 Å². The normalized spacial score (nSPS) is 13.3. The number of esters is 1. The predicted molar refractivity (Wildman–Crippen MR) is 106 cm³/mol. The Morgan fingerprint density at radius 1 is 1.35 bits per heavy atom. The van der Waals surface area contributed by atoms with Gasteiger partial charge in [0.1, 0.15) is 5.54 Å². The van der Waals surface area contributed by atoms with Crippen molar-refractivity contribution >= 4 is 50.0 Å². The maximum absolute atomic E-state index is 12.5. The van der Waals surface area contributed by atoms with Crippen molar-refractivity contribution in [2.24, 2.45) is 0 Å². The molecule has 2 aromatic heterocycles. The Morgan fingerprint density at radius 3 is 2.81 bits per heavy atom. The molecule has 0 saturated heterocycles. The summed E-state index contributed by atoms with van der Waals surface area (Å²) in [6.45, 7) is 1.70. The van der Waals surface area contributed by atoms with E-state index in [0.717, 1.165) is 25.8 Å². The number of amides is 1.